The molecule has 9 heteroatoms. The van der Waals surface area contributed by atoms with E-state index < -0.39 is 17.6 Å². The fourth-order valence-electron chi connectivity index (χ4n) is 2.07. The lowest BCUT2D eigenvalue weighted by molar-refractivity contribution is -0.139. The summed E-state index contributed by atoms with van der Waals surface area (Å²) in [4.78, 5) is 12.7. The molecule has 0 atom stereocenters. The fraction of sp³-hybridized carbons (Fsp3) is 0.176. The van der Waals surface area contributed by atoms with Crippen LogP contribution in [0.3, 0.4) is 0 Å². The van der Waals surface area contributed by atoms with Crippen molar-refractivity contribution in [3.05, 3.63) is 58.6 Å². The Balaban J connectivity index is 0.000000615. The highest BCUT2D eigenvalue weighted by Gasteiger charge is 2.34. The number of halogens is 5. The molecule has 0 unspecified atom stereocenters. The van der Waals surface area contributed by atoms with Gasteiger partial charge in [-0.05, 0) is 30.3 Å². The Kier molecular flexibility index (Phi) is 7.76. The van der Waals surface area contributed by atoms with Gasteiger partial charge in [-0.1, -0.05) is 29.8 Å². The van der Waals surface area contributed by atoms with Crippen molar-refractivity contribution in [1.29, 1.82) is 0 Å². The second-order valence-electron chi connectivity index (χ2n) is 4.55. The minimum atomic E-state index is -4.73. The predicted octanol–water partition coefficient (Wildman–Crippen LogP) is 5.05. The number of benzene rings is 1. The summed E-state index contributed by atoms with van der Waals surface area (Å²) in [5, 5.41) is 0. The highest BCUT2D eigenvalue weighted by molar-refractivity contribution is 9.10. The third-order valence-corrected chi connectivity index (χ3v) is 3.54. The molecule has 0 aliphatic heterocycles. The van der Waals surface area contributed by atoms with Crippen LogP contribution < -0.4 is 5.73 Å². The zero-order valence-corrected chi connectivity index (χ0v) is 15.5. The van der Waals surface area contributed by atoms with E-state index in [1.165, 1.54) is 12.3 Å². The van der Waals surface area contributed by atoms with Crippen molar-refractivity contribution in [1.82, 2.24) is 9.38 Å². The lowest BCUT2D eigenvalue weighted by Crippen LogP contribution is -2.08. The van der Waals surface area contributed by atoms with E-state index in [4.69, 9.17) is 4.79 Å². The van der Waals surface area contributed by atoms with Gasteiger partial charge in [-0.3, -0.25) is 9.20 Å². The Morgan fingerprint density at radius 2 is 1.81 bits per heavy atom. The van der Waals surface area contributed by atoms with Crippen molar-refractivity contribution in [3.8, 4) is 11.3 Å². The Bertz CT molecular complexity index is 878. The Hall–Kier alpha value is -2.42. The number of amides is 1. The SMILES string of the molecule is CC.Fc1ccc(-c2cnc3cc(Br)ccn23)cc1C(F)(F)F.NC=O. The predicted molar refractivity (Wildman–Crippen MR) is 94.9 cm³/mol. The van der Waals surface area contributed by atoms with Crippen molar-refractivity contribution in [3.63, 3.8) is 0 Å². The van der Waals surface area contributed by atoms with Gasteiger partial charge >= 0.3 is 6.18 Å². The number of fused-ring (bicyclic) bond motifs is 1. The number of primary amides is 1. The third kappa shape index (κ3) is 5.04. The molecule has 140 valence electrons. The smallest absolute Gasteiger partial charge is 0.372 e. The van der Waals surface area contributed by atoms with Gasteiger partial charge in [0, 0.05) is 16.2 Å². The first-order valence-corrected chi connectivity index (χ1v) is 8.22. The molecule has 0 saturated carbocycles. The molecule has 2 heterocycles. The lowest BCUT2D eigenvalue weighted by Gasteiger charge is -2.10. The molecule has 0 radical (unpaired) electrons. The van der Waals surface area contributed by atoms with E-state index >= 15 is 0 Å². The van der Waals surface area contributed by atoms with Gasteiger partial charge < -0.3 is 5.73 Å². The summed E-state index contributed by atoms with van der Waals surface area (Å²) in [5.41, 5.74) is 4.17. The number of hydrogen-bond acceptors (Lipinski definition) is 2. The zero-order valence-electron chi connectivity index (χ0n) is 13.9. The van der Waals surface area contributed by atoms with E-state index in [2.05, 4.69) is 26.6 Å². The summed E-state index contributed by atoms with van der Waals surface area (Å²) in [5.74, 6) is -1.29. The maximum Gasteiger partial charge on any atom is 0.419 e. The van der Waals surface area contributed by atoms with E-state index in [-0.39, 0.29) is 12.0 Å². The van der Waals surface area contributed by atoms with Crippen molar-refractivity contribution >= 4 is 28.0 Å². The largest absolute Gasteiger partial charge is 0.419 e. The summed E-state index contributed by atoms with van der Waals surface area (Å²) in [6.07, 6.45) is -1.35. The van der Waals surface area contributed by atoms with Gasteiger partial charge in [0.1, 0.15) is 11.5 Å². The molecule has 0 spiro atoms. The maximum absolute atomic E-state index is 13.3. The van der Waals surface area contributed by atoms with E-state index in [1.54, 1.807) is 22.7 Å². The highest BCUT2D eigenvalue weighted by atomic mass is 79.9. The van der Waals surface area contributed by atoms with Gasteiger partial charge in [0.25, 0.3) is 0 Å². The fourth-order valence-corrected chi connectivity index (χ4v) is 2.39. The van der Waals surface area contributed by atoms with Crippen LogP contribution in [-0.2, 0) is 11.0 Å². The molecule has 0 fully saturated rings. The molecular formula is C17H16BrF4N3O. The van der Waals surface area contributed by atoms with Crippen molar-refractivity contribution in [2.75, 3.05) is 0 Å². The summed E-state index contributed by atoms with van der Waals surface area (Å²) in [6, 6.07) is 6.39. The average molecular weight is 434 g/mol. The average Bonchev–Trinajstić information content (AvgIpc) is 3.00. The van der Waals surface area contributed by atoms with Gasteiger partial charge in [0.05, 0.1) is 17.5 Å². The molecule has 2 N–H and O–H groups in total. The number of carbonyl (C=O) groups is 1. The minimum Gasteiger partial charge on any atom is -0.372 e. The number of nitrogens with zero attached hydrogens (tertiary/aromatic N) is 2. The highest BCUT2D eigenvalue weighted by Crippen LogP contribution is 2.34. The molecule has 0 saturated heterocycles. The molecular weight excluding hydrogens is 418 g/mol. The molecule has 0 bridgehead atoms. The van der Waals surface area contributed by atoms with Crippen molar-refractivity contribution in [2.24, 2.45) is 5.73 Å². The molecule has 3 aromatic rings. The number of pyridine rings is 1. The number of rotatable bonds is 1. The second-order valence-corrected chi connectivity index (χ2v) is 5.46. The van der Waals surface area contributed by atoms with Crippen LogP contribution in [0.15, 0.2) is 47.2 Å². The van der Waals surface area contributed by atoms with Gasteiger partial charge in [-0.15, -0.1) is 0 Å². The third-order valence-electron chi connectivity index (χ3n) is 3.04. The number of imidazole rings is 1. The monoisotopic (exact) mass is 433 g/mol. The number of aromatic nitrogens is 2. The molecule has 2 aromatic heterocycles. The summed E-state index contributed by atoms with van der Waals surface area (Å²) < 4.78 is 54.1. The zero-order chi connectivity index (χ0) is 19.9. The van der Waals surface area contributed by atoms with Crippen LogP contribution in [0.1, 0.15) is 19.4 Å². The molecule has 0 aliphatic rings. The number of hydrogen-bond donors (Lipinski definition) is 1. The second kappa shape index (κ2) is 9.33. The molecule has 3 rings (SSSR count). The summed E-state index contributed by atoms with van der Waals surface area (Å²) in [6.45, 7) is 4.00. The number of carbonyl (C=O) groups excluding carboxylic acids is 1. The quantitative estimate of drug-likeness (QED) is 0.431. The van der Waals surface area contributed by atoms with E-state index in [0.29, 0.717) is 11.3 Å². The van der Waals surface area contributed by atoms with Crippen LogP contribution in [0.5, 0.6) is 0 Å². The Labute approximate surface area is 155 Å². The van der Waals surface area contributed by atoms with Crippen LogP contribution in [0, 0.1) is 5.82 Å². The van der Waals surface area contributed by atoms with Crippen molar-refractivity contribution in [2.45, 2.75) is 20.0 Å². The normalized spacial score (nSPS) is 10.4. The first kappa shape index (κ1) is 21.6. The standard InChI is InChI=1S/C14H7BrF4N2.C2H6.CH3NO/c15-9-3-4-21-12(7-20-13(21)6-9)8-1-2-11(16)10(5-8)14(17,18)19;1-2;2-1-3/h1-7H;1-2H3;1H,(H2,2,3). The number of alkyl halides is 3. The van der Waals surface area contributed by atoms with Crippen LogP contribution in [-0.4, -0.2) is 15.8 Å². The van der Waals surface area contributed by atoms with Crippen LogP contribution in [0.2, 0.25) is 0 Å². The first-order chi connectivity index (χ1) is 12.3. The van der Waals surface area contributed by atoms with Gasteiger partial charge in [-0.2, -0.15) is 13.2 Å². The molecule has 1 amide bonds. The van der Waals surface area contributed by atoms with E-state index in [9.17, 15) is 17.6 Å². The van der Waals surface area contributed by atoms with E-state index in [0.717, 1.165) is 16.6 Å². The lowest BCUT2D eigenvalue weighted by atomic mass is 10.1. The summed E-state index contributed by atoms with van der Waals surface area (Å²) in [7, 11) is 0. The van der Waals surface area contributed by atoms with Gasteiger partial charge in [-0.25, -0.2) is 9.37 Å². The summed E-state index contributed by atoms with van der Waals surface area (Å²) >= 11 is 3.29. The van der Waals surface area contributed by atoms with Crippen molar-refractivity contribution < 1.29 is 22.4 Å². The van der Waals surface area contributed by atoms with Crippen LogP contribution in [0.25, 0.3) is 16.9 Å². The molecule has 26 heavy (non-hydrogen) atoms. The number of nitrogens with two attached hydrogens (primary N) is 1. The maximum atomic E-state index is 13.3. The molecule has 0 aliphatic carbocycles. The minimum absolute atomic E-state index is 0.249. The molecule has 4 nitrogen and oxygen atoms in total. The van der Waals surface area contributed by atoms with Crippen LogP contribution >= 0.6 is 15.9 Å². The first-order valence-electron chi connectivity index (χ1n) is 7.43. The van der Waals surface area contributed by atoms with Gasteiger partial charge in [0.15, 0.2) is 0 Å². The van der Waals surface area contributed by atoms with E-state index in [1.807, 2.05) is 13.8 Å². The van der Waals surface area contributed by atoms with Gasteiger partial charge in [0.2, 0.25) is 6.41 Å². The van der Waals surface area contributed by atoms with Crippen LogP contribution in [0.4, 0.5) is 17.6 Å². The Morgan fingerprint density at radius 1 is 1.19 bits per heavy atom. The molecule has 1 aromatic carbocycles. The Morgan fingerprint density at radius 3 is 2.38 bits per heavy atom. The topological polar surface area (TPSA) is 60.4 Å².